The van der Waals surface area contributed by atoms with E-state index in [4.69, 9.17) is 0 Å². The van der Waals surface area contributed by atoms with Crippen LogP contribution in [0.15, 0.2) is 24.3 Å². The van der Waals surface area contributed by atoms with Crippen LogP contribution in [0.2, 0.25) is 0 Å². The van der Waals surface area contributed by atoms with Gasteiger partial charge in [-0.2, -0.15) is 0 Å². The standard InChI is InChI=1S/C14H13FOS/c1-8-4-5-11(15)7-12(8)13(16)14-9(2)6-10(3)17-14/h4-7H,1-3H3. The Kier molecular flexibility index (Phi) is 3.11. The first-order chi connectivity index (χ1) is 7.99. The Labute approximate surface area is 104 Å². The van der Waals surface area contributed by atoms with Gasteiger partial charge in [-0.05, 0) is 50.1 Å². The molecule has 0 bridgehead atoms. The largest absolute Gasteiger partial charge is 0.288 e. The van der Waals surface area contributed by atoms with Crippen molar-refractivity contribution in [2.45, 2.75) is 20.8 Å². The van der Waals surface area contributed by atoms with Gasteiger partial charge in [-0.15, -0.1) is 11.3 Å². The van der Waals surface area contributed by atoms with E-state index in [2.05, 4.69) is 0 Å². The zero-order valence-electron chi connectivity index (χ0n) is 10.0. The first-order valence-corrected chi connectivity index (χ1v) is 6.18. The van der Waals surface area contributed by atoms with E-state index in [9.17, 15) is 9.18 Å². The summed E-state index contributed by atoms with van der Waals surface area (Å²) in [4.78, 5) is 14.1. The van der Waals surface area contributed by atoms with Crippen molar-refractivity contribution >= 4 is 17.1 Å². The van der Waals surface area contributed by atoms with Crippen molar-refractivity contribution in [2.75, 3.05) is 0 Å². The van der Waals surface area contributed by atoms with Crippen LogP contribution in [0, 0.1) is 26.6 Å². The van der Waals surface area contributed by atoms with E-state index in [1.54, 1.807) is 6.07 Å². The lowest BCUT2D eigenvalue weighted by Crippen LogP contribution is -2.03. The van der Waals surface area contributed by atoms with Crippen LogP contribution >= 0.6 is 11.3 Å². The Hall–Kier alpha value is -1.48. The fourth-order valence-corrected chi connectivity index (χ4v) is 2.81. The Morgan fingerprint density at radius 3 is 2.41 bits per heavy atom. The zero-order valence-corrected chi connectivity index (χ0v) is 10.8. The summed E-state index contributed by atoms with van der Waals surface area (Å²) < 4.78 is 13.2. The number of rotatable bonds is 2. The van der Waals surface area contributed by atoms with Crippen molar-refractivity contribution in [3.8, 4) is 0 Å². The highest BCUT2D eigenvalue weighted by atomic mass is 32.1. The van der Waals surface area contributed by atoms with Gasteiger partial charge in [0, 0.05) is 10.4 Å². The Morgan fingerprint density at radius 1 is 1.12 bits per heavy atom. The maximum atomic E-state index is 13.2. The summed E-state index contributed by atoms with van der Waals surface area (Å²) in [5.74, 6) is -0.456. The summed E-state index contributed by atoms with van der Waals surface area (Å²) in [5, 5.41) is 0. The Balaban J connectivity index is 2.50. The molecule has 0 radical (unpaired) electrons. The minimum Gasteiger partial charge on any atom is -0.288 e. The molecule has 0 unspecified atom stereocenters. The highest BCUT2D eigenvalue weighted by molar-refractivity contribution is 7.14. The molecular weight excluding hydrogens is 235 g/mol. The van der Waals surface area contributed by atoms with Crippen LogP contribution in [0.4, 0.5) is 4.39 Å². The number of hydrogen-bond donors (Lipinski definition) is 0. The smallest absolute Gasteiger partial charge is 0.203 e. The fraction of sp³-hybridized carbons (Fsp3) is 0.214. The van der Waals surface area contributed by atoms with Crippen molar-refractivity contribution in [3.05, 3.63) is 56.5 Å². The van der Waals surface area contributed by atoms with E-state index >= 15 is 0 Å². The molecule has 1 heterocycles. The molecule has 0 aliphatic heterocycles. The lowest BCUT2D eigenvalue weighted by atomic mass is 10.0. The number of carbonyl (C=O) groups excluding carboxylic acids is 1. The average Bonchev–Trinajstić information content (AvgIpc) is 2.60. The van der Waals surface area contributed by atoms with Gasteiger partial charge < -0.3 is 0 Å². The molecule has 0 aliphatic rings. The first kappa shape index (κ1) is 12.0. The maximum absolute atomic E-state index is 13.2. The molecule has 17 heavy (non-hydrogen) atoms. The number of aryl methyl sites for hydroxylation is 3. The van der Waals surface area contributed by atoms with Crippen LogP contribution in [0.25, 0.3) is 0 Å². The van der Waals surface area contributed by atoms with Gasteiger partial charge in [0.25, 0.3) is 0 Å². The normalized spacial score (nSPS) is 10.6. The predicted octanol–water partition coefficient (Wildman–Crippen LogP) is 4.04. The van der Waals surface area contributed by atoms with Crippen molar-refractivity contribution in [2.24, 2.45) is 0 Å². The van der Waals surface area contributed by atoms with Crippen LogP contribution in [0.3, 0.4) is 0 Å². The van der Waals surface area contributed by atoms with Crippen molar-refractivity contribution in [3.63, 3.8) is 0 Å². The number of benzene rings is 1. The molecule has 0 fully saturated rings. The van der Waals surface area contributed by atoms with Gasteiger partial charge >= 0.3 is 0 Å². The SMILES string of the molecule is Cc1cc(C)c(C(=O)c2cc(F)ccc2C)s1. The van der Waals surface area contributed by atoms with E-state index in [1.165, 1.54) is 23.5 Å². The predicted molar refractivity (Wildman–Crippen MR) is 68.4 cm³/mol. The van der Waals surface area contributed by atoms with Gasteiger partial charge in [-0.1, -0.05) is 6.07 Å². The topological polar surface area (TPSA) is 17.1 Å². The molecule has 88 valence electrons. The second kappa shape index (κ2) is 4.41. The van der Waals surface area contributed by atoms with Crippen LogP contribution in [0.5, 0.6) is 0 Å². The molecule has 2 rings (SSSR count). The molecule has 0 spiro atoms. The molecule has 0 amide bonds. The lowest BCUT2D eigenvalue weighted by Gasteiger charge is -2.04. The first-order valence-electron chi connectivity index (χ1n) is 5.37. The summed E-state index contributed by atoms with van der Waals surface area (Å²) in [6.07, 6.45) is 0. The van der Waals surface area contributed by atoms with Crippen LogP contribution in [0.1, 0.15) is 31.2 Å². The molecule has 0 saturated carbocycles. The number of thiophene rings is 1. The van der Waals surface area contributed by atoms with E-state index < -0.39 is 0 Å². The number of halogens is 1. The second-order valence-electron chi connectivity index (χ2n) is 4.16. The highest BCUT2D eigenvalue weighted by Gasteiger charge is 2.16. The average molecular weight is 248 g/mol. The van der Waals surface area contributed by atoms with Crippen molar-refractivity contribution < 1.29 is 9.18 Å². The van der Waals surface area contributed by atoms with Crippen LogP contribution in [-0.4, -0.2) is 5.78 Å². The van der Waals surface area contributed by atoms with Gasteiger partial charge in [-0.25, -0.2) is 4.39 Å². The second-order valence-corrected chi connectivity index (χ2v) is 5.41. The third kappa shape index (κ3) is 2.29. The quantitative estimate of drug-likeness (QED) is 0.733. The van der Waals surface area contributed by atoms with E-state index in [0.717, 1.165) is 16.0 Å². The molecule has 1 aromatic heterocycles. The number of carbonyl (C=O) groups is 1. The molecule has 0 N–H and O–H groups in total. The summed E-state index contributed by atoms with van der Waals surface area (Å²) in [5.41, 5.74) is 2.22. The van der Waals surface area contributed by atoms with Crippen LogP contribution < -0.4 is 0 Å². The number of hydrogen-bond acceptors (Lipinski definition) is 2. The van der Waals surface area contributed by atoms with E-state index in [0.29, 0.717) is 10.4 Å². The highest BCUT2D eigenvalue weighted by Crippen LogP contribution is 2.25. The molecular formula is C14H13FOS. The van der Waals surface area contributed by atoms with Crippen molar-refractivity contribution in [1.82, 2.24) is 0 Å². The molecule has 0 atom stereocenters. The maximum Gasteiger partial charge on any atom is 0.203 e. The summed E-state index contributed by atoms with van der Waals surface area (Å²) in [6.45, 7) is 5.70. The minimum absolute atomic E-state index is 0.0856. The minimum atomic E-state index is -0.370. The number of ketones is 1. The summed E-state index contributed by atoms with van der Waals surface area (Å²) in [6, 6.07) is 6.30. The van der Waals surface area contributed by atoms with E-state index in [-0.39, 0.29) is 11.6 Å². The van der Waals surface area contributed by atoms with Gasteiger partial charge in [0.15, 0.2) is 0 Å². The molecule has 1 nitrogen and oxygen atoms in total. The summed E-state index contributed by atoms with van der Waals surface area (Å²) >= 11 is 1.46. The molecule has 2 aromatic rings. The van der Waals surface area contributed by atoms with E-state index in [1.807, 2.05) is 26.8 Å². The van der Waals surface area contributed by atoms with Gasteiger partial charge in [0.1, 0.15) is 5.82 Å². The lowest BCUT2D eigenvalue weighted by molar-refractivity contribution is 0.104. The van der Waals surface area contributed by atoms with Gasteiger partial charge in [0.05, 0.1) is 4.88 Å². The fourth-order valence-electron chi connectivity index (χ4n) is 1.83. The zero-order chi connectivity index (χ0) is 12.6. The van der Waals surface area contributed by atoms with Gasteiger partial charge in [-0.3, -0.25) is 4.79 Å². The van der Waals surface area contributed by atoms with Gasteiger partial charge in [0.2, 0.25) is 5.78 Å². The third-order valence-electron chi connectivity index (χ3n) is 2.69. The Morgan fingerprint density at radius 2 is 1.82 bits per heavy atom. The molecule has 0 aliphatic carbocycles. The third-order valence-corrected chi connectivity index (χ3v) is 3.84. The molecule has 3 heteroatoms. The molecule has 0 saturated heterocycles. The van der Waals surface area contributed by atoms with Crippen LogP contribution in [-0.2, 0) is 0 Å². The monoisotopic (exact) mass is 248 g/mol. The van der Waals surface area contributed by atoms with Crippen molar-refractivity contribution in [1.29, 1.82) is 0 Å². The summed E-state index contributed by atoms with van der Waals surface area (Å²) in [7, 11) is 0. The Bertz CT molecular complexity index is 584. The molecule has 1 aromatic carbocycles.